The van der Waals surface area contributed by atoms with E-state index in [1.54, 1.807) is 19.1 Å². The van der Waals surface area contributed by atoms with Gasteiger partial charge in [0.05, 0.1) is 17.8 Å². The zero-order chi connectivity index (χ0) is 13.6. The van der Waals surface area contributed by atoms with E-state index in [0.29, 0.717) is 28.3 Å². The van der Waals surface area contributed by atoms with E-state index in [1.807, 2.05) is 19.1 Å². The standard InChI is InChI=1S/C15H13NO3/c1-8-3-5-10(6-4-8)14(18)13-9(2)15-11(16-13)7-12(17)19-15/h3-6,16H,7H2,1-2H3. The summed E-state index contributed by atoms with van der Waals surface area (Å²) in [4.78, 5) is 26.6. The highest BCUT2D eigenvalue weighted by molar-refractivity contribution is 6.09. The monoisotopic (exact) mass is 255 g/mol. The SMILES string of the molecule is Cc1ccc(C(=O)c2[nH]c3c(c2C)OC(=O)C3)cc1. The maximum absolute atomic E-state index is 12.4. The van der Waals surface area contributed by atoms with Crippen LogP contribution in [-0.4, -0.2) is 16.7 Å². The number of aromatic nitrogens is 1. The molecule has 1 aromatic heterocycles. The van der Waals surface area contributed by atoms with Crippen molar-refractivity contribution in [3.63, 3.8) is 0 Å². The van der Waals surface area contributed by atoms with Gasteiger partial charge in [0.15, 0.2) is 5.75 Å². The maximum Gasteiger partial charge on any atom is 0.317 e. The van der Waals surface area contributed by atoms with E-state index in [0.717, 1.165) is 5.56 Å². The van der Waals surface area contributed by atoms with Crippen molar-refractivity contribution in [2.45, 2.75) is 20.3 Å². The average molecular weight is 255 g/mol. The zero-order valence-corrected chi connectivity index (χ0v) is 10.7. The van der Waals surface area contributed by atoms with Crippen LogP contribution < -0.4 is 4.74 Å². The van der Waals surface area contributed by atoms with E-state index in [2.05, 4.69) is 4.98 Å². The lowest BCUT2D eigenvalue weighted by Gasteiger charge is -2.02. The van der Waals surface area contributed by atoms with E-state index in [9.17, 15) is 9.59 Å². The first-order valence-electron chi connectivity index (χ1n) is 6.09. The number of rotatable bonds is 2. The van der Waals surface area contributed by atoms with Gasteiger partial charge in [-0.15, -0.1) is 0 Å². The molecule has 96 valence electrons. The second-order valence-electron chi connectivity index (χ2n) is 4.78. The molecule has 4 heteroatoms. The molecule has 1 aliphatic heterocycles. The first kappa shape index (κ1) is 11.7. The summed E-state index contributed by atoms with van der Waals surface area (Å²) >= 11 is 0. The maximum atomic E-state index is 12.4. The summed E-state index contributed by atoms with van der Waals surface area (Å²) < 4.78 is 5.10. The molecule has 0 aliphatic carbocycles. The Bertz CT molecular complexity index is 680. The van der Waals surface area contributed by atoms with Crippen molar-refractivity contribution in [2.75, 3.05) is 0 Å². The van der Waals surface area contributed by atoms with Crippen molar-refractivity contribution in [1.82, 2.24) is 4.98 Å². The van der Waals surface area contributed by atoms with Crippen LogP contribution in [0.4, 0.5) is 0 Å². The summed E-state index contributed by atoms with van der Waals surface area (Å²) in [6, 6.07) is 7.41. The lowest BCUT2D eigenvalue weighted by molar-refractivity contribution is -0.131. The molecule has 0 unspecified atom stereocenters. The Morgan fingerprint density at radius 1 is 1.21 bits per heavy atom. The van der Waals surface area contributed by atoms with Gasteiger partial charge >= 0.3 is 5.97 Å². The Morgan fingerprint density at radius 3 is 2.53 bits per heavy atom. The third-order valence-electron chi connectivity index (χ3n) is 3.34. The molecule has 1 aliphatic rings. The molecular weight excluding hydrogens is 242 g/mol. The Labute approximate surface area is 110 Å². The van der Waals surface area contributed by atoms with Gasteiger partial charge in [-0.1, -0.05) is 29.8 Å². The minimum Gasteiger partial charge on any atom is -0.424 e. The van der Waals surface area contributed by atoms with E-state index in [-0.39, 0.29) is 18.2 Å². The second-order valence-corrected chi connectivity index (χ2v) is 4.78. The zero-order valence-electron chi connectivity index (χ0n) is 10.7. The van der Waals surface area contributed by atoms with Crippen LogP contribution in [-0.2, 0) is 11.2 Å². The smallest absolute Gasteiger partial charge is 0.317 e. The van der Waals surface area contributed by atoms with Gasteiger partial charge in [0.2, 0.25) is 5.78 Å². The molecular formula is C15H13NO3. The summed E-state index contributed by atoms with van der Waals surface area (Å²) in [6.07, 6.45) is 0.206. The van der Waals surface area contributed by atoms with Crippen LogP contribution in [0.5, 0.6) is 5.75 Å². The van der Waals surface area contributed by atoms with Crippen LogP contribution in [0.1, 0.15) is 32.9 Å². The molecule has 0 spiro atoms. The number of ether oxygens (including phenoxy) is 1. The van der Waals surface area contributed by atoms with Gasteiger partial charge in [0, 0.05) is 11.1 Å². The van der Waals surface area contributed by atoms with Crippen LogP contribution in [0, 0.1) is 13.8 Å². The summed E-state index contributed by atoms with van der Waals surface area (Å²) in [7, 11) is 0. The Morgan fingerprint density at radius 2 is 1.89 bits per heavy atom. The van der Waals surface area contributed by atoms with Crippen molar-refractivity contribution in [1.29, 1.82) is 0 Å². The van der Waals surface area contributed by atoms with Crippen molar-refractivity contribution in [2.24, 2.45) is 0 Å². The lowest BCUT2D eigenvalue weighted by Crippen LogP contribution is -2.07. The fourth-order valence-electron chi connectivity index (χ4n) is 2.27. The molecule has 0 atom stereocenters. The summed E-state index contributed by atoms with van der Waals surface area (Å²) in [5, 5.41) is 0. The third-order valence-corrected chi connectivity index (χ3v) is 3.34. The fraction of sp³-hybridized carbons (Fsp3) is 0.200. The number of H-pyrrole nitrogens is 1. The van der Waals surface area contributed by atoms with Crippen molar-refractivity contribution < 1.29 is 14.3 Å². The third kappa shape index (κ3) is 1.85. The molecule has 0 fully saturated rings. The number of ketones is 1. The quantitative estimate of drug-likeness (QED) is 0.661. The number of esters is 1. The van der Waals surface area contributed by atoms with Gasteiger partial charge in [0.25, 0.3) is 0 Å². The first-order valence-corrected chi connectivity index (χ1v) is 6.09. The molecule has 2 heterocycles. The van der Waals surface area contributed by atoms with E-state index < -0.39 is 0 Å². The molecule has 0 saturated carbocycles. The van der Waals surface area contributed by atoms with Crippen LogP contribution in [0.25, 0.3) is 0 Å². The van der Waals surface area contributed by atoms with Gasteiger partial charge in [-0.05, 0) is 13.8 Å². The molecule has 19 heavy (non-hydrogen) atoms. The number of aromatic amines is 1. The number of benzene rings is 1. The molecule has 0 saturated heterocycles. The highest BCUT2D eigenvalue weighted by atomic mass is 16.5. The van der Waals surface area contributed by atoms with Gasteiger partial charge in [0.1, 0.15) is 0 Å². The van der Waals surface area contributed by atoms with E-state index >= 15 is 0 Å². The number of aryl methyl sites for hydroxylation is 1. The van der Waals surface area contributed by atoms with E-state index in [4.69, 9.17) is 4.74 Å². The van der Waals surface area contributed by atoms with Crippen molar-refractivity contribution in [3.8, 4) is 5.75 Å². The number of fused-ring (bicyclic) bond motifs is 1. The molecule has 0 radical (unpaired) electrons. The van der Waals surface area contributed by atoms with Gasteiger partial charge < -0.3 is 9.72 Å². The van der Waals surface area contributed by atoms with E-state index in [1.165, 1.54) is 0 Å². The largest absolute Gasteiger partial charge is 0.424 e. The number of carbonyl (C=O) groups excluding carboxylic acids is 2. The predicted octanol–water partition coefficient (Wildman–Crippen LogP) is 2.32. The molecule has 1 aromatic carbocycles. The summed E-state index contributed by atoms with van der Waals surface area (Å²) in [5.74, 6) is 0.155. The highest BCUT2D eigenvalue weighted by Gasteiger charge is 2.29. The first-order chi connectivity index (χ1) is 9.06. The van der Waals surface area contributed by atoms with Gasteiger partial charge in [-0.2, -0.15) is 0 Å². The lowest BCUT2D eigenvalue weighted by atomic mass is 10.0. The Balaban J connectivity index is 2.00. The number of nitrogens with one attached hydrogen (secondary N) is 1. The fourth-order valence-corrected chi connectivity index (χ4v) is 2.27. The second kappa shape index (κ2) is 4.09. The van der Waals surface area contributed by atoms with Crippen molar-refractivity contribution in [3.05, 3.63) is 52.3 Å². The Kier molecular flexibility index (Phi) is 2.52. The summed E-state index contributed by atoms with van der Waals surface area (Å²) in [6.45, 7) is 3.76. The molecule has 0 amide bonds. The molecule has 0 bridgehead atoms. The summed E-state index contributed by atoms with van der Waals surface area (Å²) in [5.41, 5.74) is 3.63. The highest BCUT2D eigenvalue weighted by Crippen LogP contribution is 2.32. The Hall–Kier alpha value is -2.36. The molecule has 1 N–H and O–H groups in total. The number of hydrogen-bond acceptors (Lipinski definition) is 3. The topological polar surface area (TPSA) is 59.2 Å². The van der Waals surface area contributed by atoms with Gasteiger partial charge in [-0.25, -0.2) is 0 Å². The minimum atomic E-state index is -0.279. The molecule has 2 aromatic rings. The van der Waals surface area contributed by atoms with Crippen LogP contribution >= 0.6 is 0 Å². The van der Waals surface area contributed by atoms with Crippen molar-refractivity contribution >= 4 is 11.8 Å². The van der Waals surface area contributed by atoms with Crippen LogP contribution in [0.15, 0.2) is 24.3 Å². The molecule has 3 rings (SSSR count). The number of carbonyl (C=O) groups is 2. The predicted molar refractivity (Wildman–Crippen MR) is 69.5 cm³/mol. The molecule has 4 nitrogen and oxygen atoms in total. The normalized spacial score (nSPS) is 13.3. The number of hydrogen-bond donors (Lipinski definition) is 1. The van der Waals surface area contributed by atoms with Gasteiger partial charge in [-0.3, -0.25) is 9.59 Å². The average Bonchev–Trinajstić information content (AvgIpc) is 2.88. The van der Waals surface area contributed by atoms with Crippen LogP contribution in [0.3, 0.4) is 0 Å². The van der Waals surface area contributed by atoms with Crippen LogP contribution in [0.2, 0.25) is 0 Å². The minimum absolute atomic E-state index is 0.0806.